The second-order valence-electron chi connectivity index (χ2n) is 4.51. The highest BCUT2D eigenvalue weighted by molar-refractivity contribution is 7.89. The molecule has 110 valence electrons. The summed E-state index contributed by atoms with van der Waals surface area (Å²) in [6.45, 7) is 3.33. The molecule has 7 nitrogen and oxygen atoms in total. The van der Waals surface area contributed by atoms with E-state index in [1.807, 2.05) is 0 Å². The molecule has 2 rings (SSSR count). The Morgan fingerprint density at radius 2 is 1.95 bits per heavy atom. The number of nitrogens with zero attached hydrogens (tertiary/aromatic N) is 2. The zero-order valence-electron chi connectivity index (χ0n) is 10.8. The number of nitro benzene ring substituents is 1. The maximum Gasteiger partial charge on any atom is 0.289 e. The molecule has 0 aliphatic carbocycles. The van der Waals surface area contributed by atoms with E-state index in [9.17, 15) is 18.5 Å². The van der Waals surface area contributed by atoms with Crippen molar-refractivity contribution in [3.05, 3.63) is 32.8 Å². The SMILES string of the molecule is Cc1cc([N+](=O)[O-])c(Cl)c(S(=O)(=O)N2CCNCC2)c1. The lowest BCUT2D eigenvalue weighted by Gasteiger charge is -2.27. The first-order valence-corrected chi connectivity index (χ1v) is 7.81. The lowest BCUT2D eigenvalue weighted by atomic mass is 10.2. The molecule has 1 heterocycles. The minimum atomic E-state index is -3.81. The maximum atomic E-state index is 12.5. The average Bonchev–Trinajstić information content (AvgIpc) is 2.41. The van der Waals surface area contributed by atoms with Gasteiger partial charge in [0.05, 0.1) is 4.92 Å². The third-order valence-corrected chi connectivity index (χ3v) is 5.49. The van der Waals surface area contributed by atoms with Gasteiger partial charge in [-0.1, -0.05) is 11.6 Å². The second-order valence-corrected chi connectivity index (χ2v) is 6.79. The lowest BCUT2D eigenvalue weighted by Crippen LogP contribution is -2.46. The van der Waals surface area contributed by atoms with E-state index in [0.29, 0.717) is 31.7 Å². The summed E-state index contributed by atoms with van der Waals surface area (Å²) in [5.41, 5.74) is 0.0928. The average molecular weight is 320 g/mol. The quantitative estimate of drug-likeness (QED) is 0.666. The van der Waals surface area contributed by atoms with Crippen molar-refractivity contribution in [3.63, 3.8) is 0 Å². The van der Waals surface area contributed by atoms with E-state index in [1.165, 1.54) is 16.4 Å². The highest BCUT2D eigenvalue weighted by Crippen LogP contribution is 2.34. The summed E-state index contributed by atoms with van der Waals surface area (Å²) in [4.78, 5) is 10.1. The van der Waals surface area contributed by atoms with Crippen LogP contribution in [0.5, 0.6) is 0 Å². The van der Waals surface area contributed by atoms with Crippen molar-refractivity contribution < 1.29 is 13.3 Å². The monoisotopic (exact) mass is 319 g/mol. The number of halogens is 1. The standard InChI is InChI=1S/C11H14ClN3O4S/c1-8-6-9(15(16)17)11(12)10(7-8)20(18,19)14-4-2-13-3-5-14/h6-7,13H,2-5H2,1H3. The molecule has 1 aliphatic rings. The van der Waals surface area contributed by atoms with E-state index < -0.39 is 14.9 Å². The largest absolute Gasteiger partial charge is 0.314 e. The highest BCUT2D eigenvalue weighted by atomic mass is 35.5. The number of nitrogens with one attached hydrogen (secondary N) is 1. The Bertz CT molecular complexity index is 641. The van der Waals surface area contributed by atoms with Gasteiger partial charge in [-0.25, -0.2) is 8.42 Å². The molecule has 9 heteroatoms. The van der Waals surface area contributed by atoms with E-state index >= 15 is 0 Å². The highest BCUT2D eigenvalue weighted by Gasteiger charge is 2.31. The van der Waals surface area contributed by atoms with Crippen LogP contribution in [0.3, 0.4) is 0 Å². The normalized spacial score (nSPS) is 17.1. The molecular formula is C11H14ClN3O4S. The molecule has 0 radical (unpaired) electrons. The van der Waals surface area contributed by atoms with Crippen LogP contribution < -0.4 is 5.32 Å². The first-order valence-electron chi connectivity index (χ1n) is 5.99. The number of sulfonamides is 1. The van der Waals surface area contributed by atoms with E-state index in [2.05, 4.69) is 5.32 Å². The van der Waals surface area contributed by atoms with Crippen LogP contribution in [0.15, 0.2) is 17.0 Å². The Balaban J connectivity index is 2.53. The van der Waals surface area contributed by atoms with Crippen molar-refractivity contribution in [2.75, 3.05) is 26.2 Å². The van der Waals surface area contributed by atoms with Gasteiger partial charge in [0.2, 0.25) is 10.0 Å². The first kappa shape index (κ1) is 15.2. The van der Waals surface area contributed by atoms with E-state index in [0.717, 1.165) is 0 Å². The minimum absolute atomic E-state index is 0.201. The third-order valence-electron chi connectivity index (χ3n) is 3.05. The number of nitro groups is 1. The van der Waals surface area contributed by atoms with Crippen molar-refractivity contribution in [1.29, 1.82) is 0 Å². The van der Waals surface area contributed by atoms with Gasteiger partial charge in [-0.05, 0) is 18.6 Å². The number of hydrogen-bond acceptors (Lipinski definition) is 5. The van der Waals surface area contributed by atoms with E-state index in [1.54, 1.807) is 6.92 Å². The van der Waals surface area contributed by atoms with Crippen LogP contribution in [-0.2, 0) is 10.0 Å². The Kier molecular flexibility index (Phi) is 4.28. The van der Waals surface area contributed by atoms with E-state index in [-0.39, 0.29) is 15.6 Å². The van der Waals surface area contributed by atoms with Gasteiger partial charge in [0, 0.05) is 32.2 Å². The first-order chi connectivity index (χ1) is 9.34. The number of piperazine rings is 1. The molecule has 0 aromatic heterocycles. The lowest BCUT2D eigenvalue weighted by molar-refractivity contribution is -0.385. The summed E-state index contributed by atoms with van der Waals surface area (Å²) < 4.78 is 26.3. The second kappa shape index (κ2) is 5.65. The number of benzene rings is 1. The summed E-state index contributed by atoms with van der Waals surface area (Å²) in [5, 5.41) is 13.6. The molecule has 0 atom stereocenters. The van der Waals surface area contributed by atoms with Gasteiger partial charge in [0.25, 0.3) is 5.69 Å². The predicted molar refractivity (Wildman–Crippen MR) is 74.5 cm³/mol. The summed E-state index contributed by atoms with van der Waals surface area (Å²) in [7, 11) is -3.81. The van der Waals surface area contributed by atoms with Crippen LogP contribution in [0.4, 0.5) is 5.69 Å². The van der Waals surface area contributed by atoms with Gasteiger partial charge in [-0.15, -0.1) is 0 Å². The molecule has 1 aromatic rings. The Morgan fingerprint density at radius 1 is 1.35 bits per heavy atom. The van der Waals surface area contributed by atoms with Crippen molar-refractivity contribution in [2.45, 2.75) is 11.8 Å². The topological polar surface area (TPSA) is 92.5 Å². The van der Waals surface area contributed by atoms with Crippen LogP contribution in [0.25, 0.3) is 0 Å². The number of hydrogen-bond donors (Lipinski definition) is 1. The fourth-order valence-corrected chi connectivity index (χ4v) is 4.14. The Labute approximate surface area is 121 Å². The van der Waals surface area contributed by atoms with Crippen LogP contribution in [-0.4, -0.2) is 43.8 Å². The number of aryl methyl sites for hydroxylation is 1. The van der Waals surface area contributed by atoms with Crippen LogP contribution >= 0.6 is 11.6 Å². The van der Waals surface area contributed by atoms with Gasteiger partial charge < -0.3 is 5.32 Å². The fraction of sp³-hybridized carbons (Fsp3) is 0.455. The number of rotatable bonds is 3. The molecule has 20 heavy (non-hydrogen) atoms. The molecule has 1 aromatic carbocycles. The predicted octanol–water partition coefficient (Wildman–Crippen LogP) is 1.15. The van der Waals surface area contributed by atoms with Crippen LogP contribution in [0.2, 0.25) is 5.02 Å². The molecule has 0 spiro atoms. The van der Waals surface area contributed by atoms with Crippen LogP contribution in [0.1, 0.15) is 5.56 Å². The van der Waals surface area contributed by atoms with Gasteiger partial charge in [-0.3, -0.25) is 10.1 Å². The maximum absolute atomic E-state index is 12.5. The van der Waals surface area contributed by atoms with Crippen molar-refractivity contribution in [1.82, 2.24) is 9.62 Å². The molecule has 0 bridgehead atoms. The Morgan fingerprint density at radius 3 is 2.50 bits per heavy atom. The molecule has 1 N–H and O–H groups in total. The van der Waals surface area contributed by atoms with Crippen molar-refractivity contribution in [2.24, 2.45) is 0 Å². The van der Waals surface area contributed by atoms with Gasteiger partial charge in [-0.2, -0.15) is 4.31 Å². The molecular weight excluding hydrogens is 306 g/mol. The van der Waals surface area contributed by atoms with Gasteiger partial charge in [0.15, 0.2) is 0 Å². The summed E-state index contributed by atoms with van der Waals surface area (Å²) in [6.07, 6.45) is 0. The van der Waals surface area contributed by atoms with Crippen molar-refractivity contribution in [3.8, 4) is 0 Å². The Hall–Kier alpha value is -1.22. The molecule has 1 saturated heterocycles. The van der Waals surface area contributed by atoms with E-state index in [4.69, 9.17) is 11.6 Å². The van der Waals surface area contributed by atoms with Crippen LogP contribution in [0, 0.1) is 17.0 Å². The third kappa shape index (κ3) is 2.78. The minimum Gasteiger partial charge on any atom is -0.314 e. The molecule has 1 aliphatic heterocycles. The van der Waals surface area contributed by atoms with Gasteiger partial charge in [0.1, 0.15) is 9.92 Å². The summed E-state index contributed by atoms with van der Waals surface area (Å²) in [6, 6.07) is 2.63. The summed E-state index contributed by atoms with van der Waals surface area (Å²) >= 11 is 5.92. The smallest absolute Gasteiger partial charge is 0.289 e. The van der Waals surface area contributed by atoms with Crippen molar-refractivity contribution >= 4 is 27.3 Å². The molecule has 1 fully saturated rings. The molecule has 0 unspecified atom stereocenters. The molecule has 0 saturated carbocycles. The summed E-state index contributed by atoms with van der Waals surface area (Å²) in [5.74, 6) is 0. The fourth-order valence-electron chi connectivity index (χ4n) is 2.06. The van der Waals surface area contributed by atoms with Gasteiger partial charge >= 0.3 is 0 Å². The zero-order valence-corrected chi connectivity index (χ0v) is 12.4. The molecule has 0 amide bonds. The zero-order chi connectivity index (χ0) is 14.9.